The van der Waals surface area contributed by atoms with E-state index >= 15 is 0 Å². The lowest BCUT2D eigenvalue weighted by molar-refractivity contribution is 0.0352. The predicted molar refractivity (Wildman–Crippen MR) is 143 cm³/mol. The van der Waals surface area contributed by atoms with Crippen LogP contribution in [0.5, 0.6) is 5.88 Å². The van der Waals surface area contributed by atoms with Crippen molar-refractivity contribution in [1.29, 1.82) is 0 Å². The molecule has 1 fully saturated rings. The Balaban J connectivity index is 1.31. The number of furan rings is 1. The third-order valence-electron chi connectivity index (χ3n) is 6.36. The zero-order valence-corrected chi connectivity index (χ0v) is 22.4. The van der Waals surface area contributed by atoms with Gasteiger partial charge in [-0.3, -0.25) is 0 Å². The number of carbonyl (C=O) groups excluding carboxylic acids is 1. The molecule has 0 unspecified atom stereocenters. The molecule has 5 rings (SSSR count). The van der Waals surface area contributed by atoms with E-state index in [2.05, 4.69) is 32.2 Å². The molecule has 1 aliphatic carbocycles. The molecular weight excluding hydrogens is 488 g/mol. The second-order valence-corrected chi connectivity index (χ2v) is 10.4. The van der Waals surface area contributed by atoms with Crippen LogP contribution in [0.1, 0.15) is 40.5 Å². The summed E-state index contributed by atoms with van der Waals surface area (Å²) in [6.07, 6.45) is 4.41. The van der Waals surface area contributed by atoms with Crippen LogP contribution in [0.4, 0.5) is 10.6 Å². The van der Waals surface area contributed by atoms with Crippen LogP contribution in [0.3, 0.4) is 0 Å². The van der Waals surface area contributed by atoms with Gasteiger partial charge in [-0.2, -0.15) is 0 Å². The maximum absolute atomic E-state index is 12.0. The topological polar surface area (TPSA) is 116 Å². The molecule has 11 heteroatoms. The number of nitrogens with zero attached hydrogens (tertiary/aromatic N) is 5. The second-order valence-electron chi connectivity index (χ2n) is 10.4. The number of hydrogen-bond donors (Lipinski definition) is 1. The van der Waals surface area contributed by atoms with Gasteiger partial charge in [0, 0.05) is 51.3 Å². The van der Waals surface area contributed by atoms with Crippen LogP contribution in [0.15, 0.2) is 41.1 Å². The molecule has 0 radical (unpaired) electrons. The predicted octanol–water partition coefficient (Wildman–Crippen LogP) is 4.44. The SMILES string of the molecule is CCN(CCOC)c1nccc2oc(-c3cnc4ccc(OC5CC(NC(=O)OC(C)(C)C)C5)nn34)cc12. The van der Waals surface area contributed by atoms with Gasteiger partial charge in [-0.1, -0.05) is 0 Å². The highest BCUT2D eigenvalue weighted by Gasteiger charge is 2.33. The molecular formula is C27H34N6O5. The summed E-state index contributed by atoms with van der Waals surface area (Å²) in [6.45, 7) is 9.75. The van der Waals surface area contributed by atoms with Crippen LogP contribution >= 0.6 is 0 Å². The number of amides is 1. The Morgan fingerprint density at radius 2 is 2.05 bits per heavy atom. The van der Waals surface area contributed by atoms with Crippen LogP contribution in [0.2, 0.25) is 0 Å². The molecule has 0 aliphatic heterocycles. The van der Waals surface area contributed by atoms with Crippen molar-refractivity contribution < 1.29 is 23.4 Å². The van der Waals surface area contributed by atoms with E-state index in [9.17, 15) is 4.79 Å². The lowest BCUT2D eigenvalue weighted by Gasteiger charge is -2.35. The van der Waals surface area contributed by atoms with Crippen molar-refractivity contribution in [2.24, 2.45) is 0 Å². The summed E-state index contributed by atoms with van der Waals surface area (Å²) in [5.74, 6) is 1.97. The monoisotopic (exact) mass is 522 g/mol. The van der Waals surface area contributed by atoms with Crippen LogP contribution in [0, 0.1) is 0 Å². The van der Waals surface area contributed by atoms with Gasteiger partial charge < -0.3 is 28.8 Å². The third-order valence-corrected chi connectivity index (χ3v) is 6.36. The van der Waals surface area contributed by atoms with Gasteiger partial charge in [0.15, 0.2) is 11.4 Å². The summed E-state index contributed by atoms with van der Waals surface area (Å²) in [5.41, 5.74) is 1.61. The number of methoxy groups -OCH3 is 1. The second kappa shape index (κ2) is 10.5. The average Bonchev–Trinajstić information content (AvgIpc) is 3.46. The van der Waals surface area contributed by atoms with Crippen molar-refractivity contribution in [1.82, 2.24) is 24.9 Å². The lowest BCUT2D eigenvalue weighted by Crippen LogP contribution is -2.50. The molecule has 0 saturated heterocycles. The summed E-state index contributed by atoms with van der Waals surface area (Å²) in [5, 5.41) is 8.47. The lowest BCUT2D eigenvalue weighted by atomic mass is 9.89. The number of rotatable bonds is 9. The Labute approximate surface area is 221 Å². The van der Waals surface area contributed by atoms with E-state index in [0.29, 0.717) is 42.4 Å². The highest BCUT2D eigenvalue weighted by Crippen LogP contribution is 2.33. The number of alkyl carbamates (subject to hydrolysis) is 1. The number of nitrogens with one attached hydrogen (secondary N) is 1. The minimum absolute atomic E-state index is 0.0207. The maximum Gasteiger partial charge on any atom is 0.407 e. The molecule has 4 heterocycles. The number of pyridine rings is 1. The number of ether oxygens (including phenoxy) is 3. The van der Waals surface area contributed by atoms with Crippen LogP contribution in [-0.4, -0.2) is 70.2 Å². The van der Waals surface area contributed by atoms with Crippen molar-refractivity contribution in [3.05, 3.63) is 36.7 Å². The zero-order chi connectivity index (χ0) is 26.9. The number of anilines is 1. The number of aromatic nitrogens is 4. The Bertz CT molecular complexity index is 1420. The van der Waals surface area contributed by atoms with Gasteiger partial charge in [0.1, 0.15) is 28.8 Å². The highest BCUT2D eigenvalue weighted by atomic mass is 16.6. The first kappa shape index (κ1) is 25.8. The fraction of sp³-hybridized carbons (Fsp3) is 0.481. The molecule has 1 saturated carbocycles. The number of imidazole rings is 1. The van der Waals surface area contributed by atoms with Crippen molar-refractivity contribution >= 4 is 28.5 Å². The quantitative estimate of drug-likeness (QED) is 0.340. The number of hydrogen-bond acceptors (Lipinski definition) is 9. The van der Waals surface area contributed by atoms with Crippen molar-refractivity contribution in [2.45, 2.75) is 58.3 Å². The molecule has 4 aromatic heterocycles. The highest BCUT2D eigenvalue weighted by molar-refractivity contribution is 5.91. The van der Waals surface area contributed by atoms with Gasteiger partial charge in [0.25, 0.3) is 0 Å². The van der Waals surface area contributed by atoms with E-state index < -0.39 is 11.7 Å². The van der Waals surface area contributed by atoms with Crippen molar-refractivity contribution in [3.8, 4) is 17.3 Å². The average molecular weight is 523 g/mol. The first-order valence-corrected chi connectivity index (χ1v) is 12.9. The number of likely N-dealkylation sites (N-methyl/N-ethyl adjacent to an activating group) is 1. The van der Waals surface area contributed by atoms with Crippen LogP contribution in [0.25, 0.3) is 28.1 Å². The smallest absolute Gasteiger partial charge is 0.407 e. The van der Waals surface area contributed by atoms with E-state index in [0.717, 1.165) is 29.9 Å². The van der Waals surface area contributed by atoms with E-state index in [1.165, 1.54) is 0 Å². The molecule has 4 aromatic rings. The Hall–Kier alpha value is -3.86. The van der Waals surface area contributed by atoms with Crippen LogP contribution < -0.4 is 15.0 Å². The van der Waals surface area contributed by atoms with Crippen LogP contribution in [-0.2, 0) is 9.47 Å². The van der Waals surface area contributed by atoms with Crippen molar-refractivity contribution in [2.75, 3.05) is 31.7 Å². The molecule has 1 amide bonds. The first-order chi connectivity index (χ1) is 18.2. The Morgan fingerprint density at radius 3 is 2.79 bits per heavy atom. The fourth-order valence-electron chi connectivity index (χ4n) is 4.45. The van der Waals surface area contributed by atoms with Gasteiger partial charge in [-0.05, 0) is 45.9 Å². The van der Waals surface area contributed by atoms with E-state index in [1.807, 2.05) is 39.0 Å². The largest absolute Gasteiger partial charge is 0.473 e. The Kier molecular flexibility index (Phi) is 7.11. The van der Waals surface area contributed by atoms with E-state index in [4.69, 9.17) is 18.6 Å². The van der Waals surface area contributed by atoms with E-state index in [-0.39, 0.29) is 12.1 Å². The first-order valence-electron chi connectivity index (χ1n) is 12.9. The van der Waals surface area contributed by atoms with Crippen molar-refractivity contribution in [3.63, 3.8) is 0 Å². The summed E-state index contributed by atoms with van der Waals surface area (Å²) in [7, 11) is 1.69. The third kappa shape index (κ3) is 5.52. The van der Waals surface area contributed by atoms with Gasteiger partial charge >= 0.3 is 6.09 Å². The van der Waals surface area contributed by atoms with Gasteiger partial charge in [-0.25, -0.2) is 19.3 Å². The summed E-state index contributed by atoms with van der Waals surface area (Å²) < 4.78 is 24.6. The molecule has 38 heavy (non-hydrogen) atoms. The van der Waals surface area contributed by atoms with E-state index in [1.54, 1.807) is 30.1 Å². The molecule has 202 valence electrons. The van der Waals surface area contributed by atoms with Gasteiger partial charge in [-0.15, -0.1) is 5.10 Å². The number of fused-ring (bicyclic) bond motifs is 2. The summed E-state index contributed by atoms with van der Waals surface area (Å²) >= 11 is 0. The molecule has 1 N–H and O–H groups in total. The Morgan fingerprint density at radius 1 is 1.24 bits per heavy atom. The summed E-state index contributed by atoms with van der Waals surface area (Å²) in [4.78, 5) is 23.2. The van der Waals surface area contributed by atoms with Gasteiger partial charge in [0.2, 0.25) is 5.88 Å². The minimum atomic E-state index is -0.525. The minimum Gasteiger partial charge on any atom is -0.473 e. The maximum atomic E-state index is 12.0. The standard InChI is InChI=1S/C27H34N6O5/c1-6-32(11-12-35-5)25-19-15-22(37-21(19)9-10-28-25)20-16-29-23-7-8-24(31-33(20)23)36-18-13-17(14-18)30-26(34)38-27(2,3)4/h7-10,15-18H,6,11-14H2,1-5H3,(H,30,34). The molecule has 11 nitrogen and oxygen atoms in total. The molecule has 0 atom stereocenters. The number of carbonyl (C=O) groups is 1. The normalized spacial score (nSPS) is 17.4. The van der Waals surface area contributed by atoms with Gasteiger partial charge in [0.05, 0.1) is 18.2 Å². The zero-order valence-electron chi connectivity index (χ0n) is 22.4. The molecule has 0 bridgehead atoms. The molecule has 0 spiro atoms. The molecule has 1 aliphatic rings. The fourth-order valence-corrected chi connectivity index (χ4v) is 4.45. The summed E-state index contributed by atoms with van der Waals surface area (Å²) in [6, 6.07) is 7.52. The molecule has 0 aromatic carbocycles.